The predicted molar refractivity (Wildman–Crippen MR) is 88.9 cm³/mol. The van der Waals surface area contributed by atoms with E-state index in [1.165, 1.54) is 30.3 Å². The Morgan fingerprint density at radius 2 is 2.17 bits per heavy atom. The van der Waals surface area contributed by atoms with Gasteiger partial charge in [-0.15, -0.1) is 0 Å². The van der Waals surface area contributed by atoms with Crippen LogP contribution in [0.2, 0.25) is 0 Å². The third kappa shape index (κ3) is 2.83. The summed E-state index contributed by atoms with van der Waals surface area (Å²) in [7, 11) is 0. The highest BCUT2D eigenvalue weighted by Crippen LogP contribution is 2.29. The average Bonchev–Trinajstić information content (AvgIpc) is 3.23. The number of likely N-dealkylation sites (tertiary alicyclic amines) is 1. The molecule has 0 amide bonds. The van der Waals surface area contributed by atoms with Crippen LogP contribution in [0.5, 0.6) is 0 Å². The van der Waals surface area contributed by atoms with Gasteiger partial charge in [0.2, 0.25) is 0 Å². The molecule has 0 spiro atoms. The molecule has 24 heavy (non-hydrogen) atoms. The van der Waals surface area contributed by atoms with E-state index in [4.69, 9.17) is 5.26 Å². The first-order chi connectivity index (χ1) is 11.7. The molecule has 124 valence electrons. The molecule has 4 nitrogen and oxygen atoms in total. The van der Waals surface area contributed by atoms with E-state index in [0.29, 0.717) is 6.04 Å². The van der Waals surface area contributed by atoms with Crippen molar-refractivity contribution in [3.63, 3.8) is 0 Å². The maximum Gasteiger partial charge on any atom is 0.140 e. The van der Waals surface area contributed by atoms with Gasteiger partial charge in [-0.25, -0.2) is 9.37 Å². The second-order valence-electron chi connectivity index (χ2n) is 6.86. The van der Waals surface area contributed by atoms with Crippen molar-refractivity contribution in [2.24, 2.45) is 0 Å². The summed E-state index contributed by atoms with van der Waals surface area (Å²) in [5, 5.41) is 8.97. The molecule has 0 saturated carbocycles. The molecule has 0 unspecified atom stereocenters. The van der Waals surface area contributed by atoms with Crippen LogP contribution in [0.15, 0.2) is 24.5 Å². The second-order valence-corrected chi connectivity index (χ2v) is 6.86. The van der Waals surface area contributed by atoms with E-state index < -0.39 is 5.82 Å². The minimum Gasteiger partial charge on any atom is -0.330 e. The van der Waals surface area contributed by atoms with Crippen molar-refractivity contribution in [3.8, 4) is 6.07 Å². The Hall–Kier alpha value is -2.19. The van der Waals surface area contributed by atoms with E-state index >= 15 is 0 Å². The number of nitriles is 1. The van der Waals surface area contributed by atoms with Crippen LogP contribution in [0.3, 0.4) is 0 Å². The second kappa shape index (κ2) is 6.37. The summed E-state index contributed by atoms with van der Waals surface area (Å²) in [6.07, 6.45) is 7.93. The van der Waals surface area contributed by atoms with Gasteiger partial charge in [0.05, 0.1) is 17.6 Å². The van der Waals surface area contributed by atoms with E-state index in [1.807, 2.05) is 12.4 Å². The first-order valence-corrected chi connectivity index (χ1v) is 8.70. The molecular weight excluding hydrogens is 303 g/mol. The van der Waals surface area contributed by atoms with Crippen LogP contribution in [0.25, 0.3) is 0 Å². The molecule has 2 heterocycles. The van der Waals surface area contributed by atoms with Crippen LogP contribution in [0, 0.1) is 17.1 Å². The molecule has 0 N–H and O–H groups in total. The maximum absolute atomic E-state index is 13.4. The summed E-state index contributed by atoms with van der Waals surface area (Å²) in [4.78, 5) is 6.99. The van der Waals surface area contributed by atoms with Gasteiger partial charge in [0, 0.05) is 31.4 Å². The Labute approximate surface area is 141 Å². The zero-order valence-electron chi connectivity index (χ0n) is 13.7. The van der Waals surface area contributed by atoms with Gasteiger partial charge in [0.1, 0.15) is 11.9 Å². The van der Waals surface area contributed by atoms with Crippen molar-refractivity contribution in [2.75, 3.05) is 13.1 Å². The number of aromatic nitrogens is 2. The van der Waals surface area contributed by atoms with Crippen molar-refractivity contribution >= 4 is 0 Å². The topological polar surface area (TPSA) is 44.9 Å². The Morgan fingerprint density at radius 1 is 1.29 bits per heavy atom. The van der Waals surface area contributed by atoms with Gasteiger partial charge in [-0.05, 0) is 49.8 Å². The number of rotatable bonds is 3. The third-order valence-electron chi connectivity index (χ3n) is 5.26. The fourth-order valence-corrected chi connectivity index (χ4v) is 4.00. The number of hydrogen-bond acceptors (Lipinski definition) is 3. The van der Waals surface area contributed by atoms with E-state index in [-0.39, 0.29) is 5.56 Å². The molecule has 1 saturated heterocycles. The Balaban J connectivity index is 1.45. The molecule has 2 aliphatic rings. The average molecular weight is 324 g/mol. The lowest BCUT2D eigenvalue weighted by Gasteiger charge is -2.20. The molecule has 2 aromatic rings. The number of halogens is 1. The van der Waals surface area contributed by atoms with Crippen molar-refractivity contribution in [1.29, 1.82) is 5.26 Å². The summed E-state index contributed by atoms with van der Waals surface area (Å²) in [5.74, 6) is -0.439. The molecule has 4 rings (SSSR count). The molecule has 0 radical (unpaired) electrons. The number of aryl methyl sites for hydroxylation is 1. The third-order valence-corrected chi connectivity index (χ3v) is 5.26. The van der Waals surface area contributed by atoms with Crippen molar-refractivity contribution in [1.82, 2.24) is 14.5 Å². The largest absolute Gasteiger partial charge is 0.330 e. The fraction of sp³-hybridized carbons (Fsp3) is 0.474. The lowest BCUT2D eigenvalue weighted by Crippen LogP contribution is -2.22. The van der Waals surface area contributed by atoms with Gasteiger partial charge in [0.15, 0.2) is 0 Å². The highest BCUT2D eigenvalue weighted by molar-refractivity contribution is 5.34. The van der Waals surface area contributed by atoms with Gasteiger partial charge in [-0.3, -0.25) is 4.90 Å². The number of imidazole rings is 1. The highest BCUT2D eigenvalue weighted by atomic mass is 19.1. The minimum atomic E-state index is -0.439. The maximum atomic E-state index is 13.4. The first-order valence-electron chi connectivity index (χ1n) is 8.70. The summed E-state index contributed by atoms with van der Waals surface area (Å²) in [5.41, 5.74) is 3.85. The monoisotopic (exact) mass is 324 g/mol. The van der Waals surface area contributed by atoms with Gasteiger partial charge in [0.25, 0.3) is 0 Å². The number of hydrogen-bond donors (Lipinski definition) is 0. The van der Waals surface area contributed by atoms with Crippen LogP contribution in [0.1, 0.15) is 47.8 Å². The standard InChI is InChI=1S/C19H21FN4/c20-17-6-5-14(9-15(17)10-21)11-23-8-7-16(12-23)24-13-22-18-3-1-2-4-19(18)24/h5-6,9,13,16H,1-4,7-8,11-12H2/t16-/m1/s1. The predicted octanol–water partition coefficient (Wildman–Crippen LogP) is 3.22. The number of fused-ring (bicyclic) bond motifs is 1. The minimum absolute atomic E-state index is 0.131. The van der Waals surface area contributed by atoms with Crippen molar-refractivity contribution in [3.05, 3.63) is 52.9 Å². The zero-order chi connectivity index (χ0) is 16.5. The lowest BCUT2D eigenvalue weighted by atomic mass is 10.0. The summed E-state index contributed by atoms with van der Waals surface area (Å²) < 4.78 is 15.8. The summed E-state index contributed by atoms with van der Waals surface area (Å²) >= 11 is 0. The SMILES string of the molecule is N#Cc1cc(CN2CC[C@@H](n3cnc4c3CCCC4)C2)ccc1F. The summed E-state index contributed by atoms with van der Waals surface area (Å²) in [6.45, 7) is 2.78. The van der Waals surface area contributed by atoms with E-state index in [9.17, 15) is 4.39 Å². The Morgan fingerprint density at radius 3 is 3.04 bits per heavy atom. The zero-order valence-corrected chi connectivity index (χ0v) is 13.7. The van der Waals surface area contributed by atoms with Crippen LogP contribution in [-0.4, -0.2) is 27.5 Å². The molecule has 1 aliphatic carbocycles. The molecule has 1 aliphatic heterocycles. The lowest BCUT2D eigenvalue weighted by molar-refractivity contribution is 0.314. The Bertz CT molecular complexity index is 789. The van der Waals surface area contributed by atoms with Crippen molar-refractivity contribution in [2.45, 2.75) is 44.7 Å². The highest BCUT2D eigenvalue weighted by Gasteiger charge is 2.27. The normalized spacial score (nSPS) is 20.8. The molecule has 1 fully saturated rings. The molecular formula is C19H21FN4. The van der Waals surface area contributed by atoms with Crippen LogP contribution in [-0.2, 0) is 19.4 Å². The van der Waals surface area contributed by atoms with E-state index in [2.05, 4.69) is 14.5 Å². The van der Waals surface area contributed by atoms with Crippen LogP contribution < -0.4 is 0 Å². The number of benzene rings is 1. The summed E-state index contributed by atoms with van der Waals surface area (Å²) in [6, 6.07) is 7.25. The quantitative estimate of drug-likeness (QED) is 0.871. The molecule has 1 aromatic heterocycles. The van der Waals surface area contributed by atoms with Gasteiger partial charge in [-0.2, -0.15) is 5.26 Å². The van der Waals surface area contributed by atoms with E-state index in [0.717, 1.165) is 44.5 Å². The van der Waals surface area contributed by atoms with Crippen molar-refractivity contribution < 1.29 is 4.39 Å². The first kappa shape index (κ1) is 15.3. The van der Waals surface area contributed by atoms with Gasteiger partial charge in [-0.1, -0.05) is 6.07 Å². The molecule has 5 heteroatoms. The Kier molecular flexibility index (Phi) is 4.07. The van der Waals surface area contributed by atoms with Gasteiger partial charge < -0.3 is 4.57 Å². The molecule has 1 atom stereocenters. The fourth-order valence-electron chi connectivity index (χ4n) is 4.00. The number of nitrogens with zero attached hydrogens (tertiary/aromatic N) is 4. The molecule has 1 aromatic carbocycles. The van der Waals surface area contributed by atoms with Crippen LogP contribution >= 0.6 is 0 Å². The molecule has 0 bridgehead atoms. The van der Waals surface area contributed by atoms with Gasteiger partial charge >= 0.3 is 0 Å². The van der Waals surface area contributed by atoms with E-state index in [1.54, 1.807) is 12.1 Å². The van der Waals surface area contributed by atoms with Crippen LogP contribution in [0.4, 0.5) is 4.39 Å². The smallest absolute Gasteiger partial charge is 0.140 e.